The summed E-state index contributed by atoms with van der Waals surface area (Å²) in [4.78, 5) is 1.63. The van der Waals surface area contributed by atoms with Crippen LogP contribution in [0, 0.1) is 5.92 Å². The van der Waals surface area contributed by atoms with Crippen LogP contribution in [0.3, 0.4) is 0 Å². The average molecular weight is 187 g/mol. The SMILES string of the molecule is CC(C)CN1C=NN(C(C)C)C1F. The molecule has 0 saturated carbocycles. The van der Waals surface area contributed by atoms with Crippen LogP contribution in [-0.4, -0.2) is 35.3 Å². The summed E-state index contributed by atoms with van der Waals surface area (Å²) in [7, 11) is 0. The molecule has 0 aliphatic carbocycles. The molecular formula is C9H18FN3. The maximum Gasteiger partial charge on any atom is 0.265 e. The second kappa shape index (κ2) is 3.94. The van der Waals surface area contributed by atoms with Gasteiger partial charge >= 0.3 is 0 Å². The molecular weight excluding hydrogens is 169 g/mol. The number of rotatable bonds is 3. The summed E-state index contributed by atoms with van der Waals surface area (Å²) in [5.41, 5.74) is 0. The van der Waals surface area contributed by atoms with E-state index < -0.39 is 6.42 Å². The van der Waals surface area contributed by atoms with Crippen LogP contribution in [0.25, 0.3) is 0 Å². The third-order valence-corrected chi connectivity index (χ3v) is 1.93. The Hall–Kier alpha value is -0.800. The minimum Gasteiger partial charge on any atom is -0.313 e. The lowest BCUT2D eigenvalue weighted by molar-refractivity contribution is -0.00844. The Morgan fingerprint density at radius 3 is 2.38 bits per heavy atom. The highest BCUT2D eigenvalue weighted by Crippen LogP contribution is 2.17. The van der Waals surface area contributed by atoms with Crippen LogP contribution in [0.5, 0.6) is 0 Å². The summed E-state index contributed by atoms with van der Waals surface area (Å²) < 4.78 is 13.6. The van der Waals surface area contributed by atoms with Crippen LogP contribution >= 0.6 is 0 Å². The highest BCUT2D eigenvalue weighted by Gasteiger charge is 2.29. The van der Waals surface area contributed by atoms with Crippen LogP contribution < -0.4 is 0 Å². The third-order valence-electron chi connectivity index (χ3n) is 1.93. The Bertz CT molecular complexity index is 191. The van der Waals surface area contributed by atoms with E-state index in [1.807, 2.05) is 13.8 Å². The maximum atomic E-state index is 13.6. The first-order valence-corrected chi connectivity index (χ1v) is 4.74. The van der Waals surface area contributed by atoms with Gasteiger partial charge in [-0.05, 0) is 19.8 Å². The molecule has 1 unspecified atom stereocenters. The molecule has 4 heteroatoms. The van der Waals surface area contributed by atoms with Crippen molar-refractivity contribution in [2.24, 2.45) is 11.0 Å². The Balaban J connectivity index is 2.51. The zero-order valence-corrected chi connectivity index (χ0v) is 8.74. The van der Waals surface area contributed by atoms with E-state index in [1.54, 1.807) is 11.2 Å². The van der Waals surface area contributed by atoms with E-state index in [0.717, 1.165) is 0 Å². The predicted octanol–water partition coefficient (Wildman–Crippen LogP) is 1.86. The molecule has 0 radical (unpaired) electrons. The molecule has 0 aromatic carbocycles. The molecule has 0 saturated heterocycles. The number of nitrogens with zero attached hydrogens (tertiary/aromatic N) is 3. The highest BCUT2D eigenvalue weighted by atomic mass is 19.1. The van der Waals surface area contributed by atoms with E-state index >= 15 is 0 Å². The van der Waals surface area contributed by atoms with Crippen molar-refractivity contribution in [3.8, 4) is 0 Å². The molecule has 13 heavy (non-hydrogen) atoms. The molecule has 0 bridgehead atoms. The molecule has 0 amide bonds. The van der Waals surface area contributed by atoms with Crippen LogP contribution in [0.4, 0.5) is 4.39 Å². The van der Waals surface area contributed by atoms with Crippen molar-refractivity contribution in [1.82, 2.24) is 9.91 Å². The maximum absolute atomic E-state index is 13.6. The Labute approximate surface area is 79.2 Å². The lowest BCUT2D eigenvalue weighted by Crippen LogP contribution is -2.40. The van der Waals surface area contributed by atoms with E-state index in [-0.39, 0.29) is 6.04 Å². The molecule has 0 aromatic heterocycles. The largest absolute Gasteiger partial charge is 0.313 e. The number of hydrogen-bond donors (Lipinski definition) is 0. The summed E-state index contributed by atoms with van der Waals surface area (Å²) in [5.74, 6) is 0.455. The Kier molecular flexibility index (Phi) is 3.12. The standard InChI is InChI=1S/C9H18FN3/c1-7(2)5-12-6-11-13(8(3)4)9(12)10/h6-9H,5H2,1-4H3. The summed E-state index contributed by atoms with van der Waals surface area (Å²) in [6, 6.07) is 0.114. The highest BCUT2D eigenvalue weighted by molar-refractivity contribution is 5.56. The van der Waals surface area contributed by atoms with Gasteiger partial charge in [-0.15, -0.1) is 0 Å². The first kappa shape index (κ1) is 10.3. The average Bonchev–Trinajstić information content (AvgIpc) is 2.32. The summed E-state index contributed by atoms with van der Waals surface area (Å²) in [6.45, 7) is 8.72. The molecule has 0 N–H and O–H groups in total. The molecule has 76 valence electrons. The smallest absolute Gasteiger partial charge is 0.265 e. The van der Waals surface area contributed by atoms with Crippen molar-refractivity contribution in [3.05, 3.63) is 0 Å². The molecule has 3 nitrogen and oxygen atoms in total. The monoisotopic (exact) mass is 187 g/mol. The normalized spacial score (nSPS) is 22.5. The molecule has 1 aliphatic rings. The van der Waals surface area contributed by atoms with Gasteiger partial charge in [0.2, 0.25) is 0 Å². The minimum atomic E-state index is -1.08. The lowest BCUT2D eigenvalue weighted by Gasteiger charge is -2.27. The van der Waals surface area contributed by atoms with Gasteiger partial charge < -0.3 is 4.90 Å². The molecule has 1 atom stereocenters. The second-order valence-corrected chi connectivity index (χ2v) is 4.11. The van der Waals surface area contributed by atoms with Crippen LogP contribution in [-0.2, 0) is 0 Å². The molecule has 0 fully saturated rings. The summed E-state index contributed by atoms with van der Waals surface area (Å²) >= 11 is 0. The van der Waals surface area contributed by atoms with Crippen molar-refractivity contribution in [2.45, 2.75) is 40.2 Å². The summed E-state index contributed by atoms with van der Waals surface area (Å²) in [5, 5.41) is 5.48. The van der Waals surface area contributed by atoms with Gasteiger partial charge in [0.15, 0.2) is 0 Å². The first-order valence-electron chi connectivity index (χ1n) is 4.74. The van der Waals surface area contributed by atoms with Gasteiger partial charge in [0.25, 0.3) is 6.42 Å². The van der Waals surface area contributed by atoms with Crippen molar-refractivity contribution < 1.29 is 4.39 Å². The van der Waals surface area contributed by atoms with Gasteiger partial charge in [-0.3, -0.25) is 0 Å². The van der Waals surface area contributed by atoms with Gasteiger partial charge in [0, 0.05) is 12.6 Å². The van der Waals surface area contributed by atoms with Crippen molar-refractivity contribution >= 4 is 6.34 Å². The number of hydrogen-bond acceptors (Lipinski definition) is 3. The molecule has 0 spiro atoms. The summed E-state index contributed by atoms with van der Waals surface area (Å²) in [6.07, 6.45) is 0.507. The van der Waals surface area contributed by atoms with Crippen LogP contribution in [0.1, 0.15) is 27.7 Å². The van der Waals surface area contributed by atoms with Gasteiger partial charge in [-0.1, -0.05) is 13.8 Å². The minimum absolute atomic E-state index is 0.114. The topological polar surface area (TPSA) is 18.8 Å². The van der Waals surface area contributed by atoms with E-state index in [1.165, 1.54) is 5.01 Å². The van der Waals surface area contributed by atoms with Crippen LogP contribution in [0.15, 0.2) is 5.10 Å². The fraction of sp³-hybridized carbons (Fsp3) is 0.889. The second-order valence-electron chi connectivity index (χ2n) is 4.11. The third kappa shape index (κ3) is 2.32. The first-order chi connectivity index (χ1) is 6.02. The fourth-order valence-electron chi connectivity index (χ4n) is 1.32. The Morgan fingerprint density at radius 2 is 2.00 bits per heavy atom. The zero-order valence-electron chi connectivity index (χ0n) is 8.74. The van der Waals surface area contributed by atoms with Gasteiger partial charge in [-0.25, -0.2) is 5.01 Å². The number of halogens is 1. The number of hydrazone groups is 1. The molecule has 1 rings (SSSR count). The lowest BCUT2D eigenvalue weighted by atomic mass is 10.2. The number of alkyl halides is 1. The van der Waals surface area contributed by atoms with Gasteiger partial charge in [0.1, 0.15) is 6.34 Å². The fourth-order valence-corrected chi connectivity index (χ4v) is 1.32. The quantitative estimate of drug-likeness (QED) is 0.628. The van der Waals surface area contributed by atoms with Crippen molar-refractivity contribution in [3.63, 3.8) is 0 Å². The van der Waals surface area contributed by atoms with E-state index in [4.69, 9.17) is 0 Å². The predicted molar refractivity (Wildman–Crippen MR) is 51.9 cm³/mol. The van der Waals surface area contributed by atoms with Gasteiger partial charge in [0.05, 0.1) is 0 Å². The zero-order chi connectivity index (χ0) is 10.0. The van der Waals surface area contributed by atoms with Crippen molar-refractivity contribution in [1.29, 1.82) is 0 Å². The van der Waals surface area contributed by atoms with E-state index in [0.29, 0.717) is 12.5 Å². The van der Waals surface area contributed by atoms with Crippen LogP contribution in [0.2, 0.25) is 0 Å². The van der Waals surface area contributed by atoms with Crippen molar-refractivity contribution in [2.75, 3.05) is 6.54 Å². The molecule has 1 aliphatic heterocycles. The Morgan fingerprint density at radius 1 is 1.38 bits per heavy atom. The molecule has 1 heterocycles. The molecule has 0 aromatic rings. The van der Waals surface area contributed by atoms with E-state index in [9.17, 15) is 4.39 Å². The van der Waals surface area contributed by atoms with E-state index in [2.05, 4.69) is 18.9 Å². The van der Waals surface area contributed by atoms with Gasteiger partial charge in [-0.2, -0.15) is 9.49 Å².